The molecule has 1 unspecified atom stereocenters. The van der Waals surface area contributed by atoms with Gasteiger partial charge in [0, 0.05) is 11.4 Å². The molecule has 0 radical (unpaired) electrons. The van der Waals surface area contributed by atoms with Crippen molar-refractivity contribution in [3.05, 3.63) is 29.8 Å². The minimum atomic E-state index is 0.0759. The molecular formula is C14H18INOS. The predicted molar refractivity (Wildman–Crippen MR) is 85.5 cm³/mol. The topological polar surface area (TPSA) is 29.1 Å². The number of halogens is 1. The van der Waals surface area contributed by atoms with Gasteiger partial charge in [-0.2, -0.15) is 0 Å². The van der Waals surface area contributed by atoms with E-state index in [9.17, 15) is 4.79 Å². The fourth-order valence-electron chi connectivity index (χ4n) is 2.05. The molecule has 2 rings (SSSR count). The molecule has 2 nitrogen and oxygen atoms in total. The van der Waals surface area contributed by atoms with E-state index in [1.807, 2.05) is 12.1 Å². The van der Waals surface area contributed by atoms with Gasteiger partial charge < -0.3 is 5.32 Å². The molecule has 1 N–H and O–H groups in total. The van der Waals surface area contributed by atoms with Crippen molar-refractivity contribution in [3.8, 4) is 0 Å². The number of rotatable bonds is 6. The summed E-state index contributed by atoms with van der Waals surface area (Å²) >= 11 is 4.09. The summed E-state index contributed by atoms with van der Waals surface area (Å²) < 4.78 is 1.21. The average molecular weight is 375 g/mol. The van der Waals surface area contributed by atoms with Gasteiger partial charge in [0.15, 0.2) is 0 Å². The number of alkyl halides is 1. The third kappa shape index (κ3) is 3.88. The number of fused-ring (bicyclic) bond motifs is 1. The van der Waals surface area contributed by atoms with Crippen molar-refractivity contribution in [2.24, 2.45) is 0 Å². The number of nitrogens with one attached hydrogen (secondary N) is 1. The van der Waals surface area contributed by atoms with E-state index in [2.05, 4.69) is 40.0 Å². The maximum absolute atomic E-state index is 12.0. The van der Waals surface area contributed by atoms with E-state index in [0.29, 0.717) is 0 Å². The Balaban J connectivity index is 1.72. The van der Waals surface area contributed by atoms with Crippen molar-refractivity contribution >= 4 is 40.3 Å². The summed E-state index contributed by atoms with van der Waals surface area (Å²) in [6.07, 6.45) is 4.43. The van der Waals surface area contributed by atoms with Crippen LogP contribution in [0.2, 0.25) is 0 Å². The van der Waals surface area contributed by atoms with E-state index in [0.717, 1.165) is 19.4 Å². The lowest BCUT2D eigenvalue weighted by Crippen LogP contribution is -2.33. The fraction of sp³-hybridized carbons (Fsp3) is 0.500. The van der Waals surface area contributed by atoms with Crippen molar-refractivity contribution in [1.29, 1.82) is 0 Å². The Morgan fingerprint density at radius 1 is 1.33 bits per heavy atom. The smallest absolute Gasteiger partial charge is 0.233 e. The third-order valence-electron chi connectivity index (χ3n) is 3.05. The Bertz CT molecular complexity index is 386. The molecule has 1 aliphatic heterocycles. The highest BCUT2D eigenvalue weighted by Crippen LogP contribution is 2.36. The van der Waals surface area contributed by atoms with E-state index in [1.165, 1.54) is 27.7 Å². The van der Waals surface area contributed by atoms with Crippen LogP contribution in [-0.4, -0.2) is 22.1 Å². The first-order valence-electron chi connectivity index (χ1n) is 6.39. The molecule has 1 heterocycles. The Morgan fingerprint density at radius 3 is 2.94 bits per heavy atom. The minimum absolute atomic E-state index is 0.0759. The summed E-state index contributed by atoms with van der Waals surface area (Å²) in [6, 6.07) is 8.31. The van der Waals surface area contributed by atoms with Crippen LogP contribution in [0.4, 0.5) is 0 Å². The lowest BCUT2D eigenvalue weighted by atomic mass is 10.1. The number of thioether (sulfide) groups is 1. The first-order chi connectivity index (χ1) is 8.81. The SMILES string of the molecule is O=C(NCCCCCI)C1Cc2ccccc2S1. The molecule has 0 aliphatic carbocycles. The molecule has 0 bridgehead atoms. The van der Waals surface area contributed by atoms with Gasteiger partial charge in [0.2, 0.25) is 5.91 Å². The molecule has 98 valence electrons. The molecule has 1 aliphatic rings. The average Bonchev–Trinajstić information content (AvgIpc) is 2.82. The van der Waals surface area contributed by atoms with E-state index >= 15 is 0 Å². The number of unbranched alkanes of at least 4 members (excludes halogenated alkanes) is 2. The van der Waals surface area contributed by atoms with Gasteiger partial charge in [0.1, 0.15) is 0 Å². The number of carbonyl (C=O) groups excluding carboxylic acids is 1. The van der Waals surface area contributed by atoms with Crippen LogP contribution in [0.1, 0.15) is 24.8 Å². The second-order valence-corrected chi connectivity index (χ2v) is 6.78. The number of amides is 1. The number of hydrogen-bond acceptors (Lipinski definition) is 2. The molecule has 0 spiro atoms. The van der Waals surface area contributed by atoms with Gasteiger partial charge in [-0.25, -0.2) is 0 Å². The Kier molecular flexibility index (Phi) is 5.82. The molecule has 0 fully saturated rings. The normalized spacial score (nSPS) is 17.5. The molecule has 0 saturated carbocycles. The van der Waals surface area contributed by atoms with Gasteiger partial charge in [-0.15, -0.1) is 11.8 Å². The molecule has 4 heteroatoms. The highest BCUT2D eigenvalue weighted by atomic mass is 127. The van der Waals surface area contributed by atoms with E-state index in [-0.39, 0.29) is 11.2 Å². The zero-order valence-corrected chi connectivity index (χ0v) is 13.3. The van der Waals surface area contributed by atoms with E-state index in [4.69, 9.17) is 0 Å². The molecule has 1 aromatic rings. The van der Waals surface area contributed by atoms with Gasteiger partial charge in [-0.1, -0.05) is 47.2 Å². The van der Waals surface area contributed by atoms with Gasteiger partial charge in [0.05, 0.1) is 5.25 Å². The van der Waals surface area contributed by atoms with E-state index in [1.54, 1.807) is 11.8 Å². The zero-order chi connectivity index (χ0) is 12.8. The maximum atomic E-state index is 12.0. The van der Waals surface area contributed by atoms with Crippen LogP contribution >= 0.6 is 34.4 Å². The van der Waals surface area contributed by atoms with Crippen molar-refractivity contribution < 1.29 is 4.79 Å². The molecule has 18 heavy (non-hydrogen) atoms. The summed E-state index contributed by atoms with van der Waals surface area (Å²) in [4.78, 5) is 13.3. The summed E-state index contributed by atoms with van der Waals surface area (Å²) in [5.41, 5.74) is 1.31. The zero-order valence-electron chi connectivity index (χ0n) is 10.3. The molecule has 1 amide bonds. The molecule has 0 aromatic heterocycles. The Labute approximate surface area is 126 Å². The van der Waals surface area contributed by atoms with Gasteiger partial charge in [-0.05, 0) is 35.3 Å². The summed E-state index contributed by atoms with van der Waals surface area (Å²) in [6.45, 7) is 0.822. The second kappa shape index (κ2) is 7.38. The van der Waals surface area contributed by atoms with Gasteiger partial charge in [0.25, 0.3) is 0 Å². The van der Waals surface area contributed by atoms with E-state index < -0.39 is 0 Å². The van der Waals surface area contributed by atoms with Crippen LogP contribution in [0.5, 0.6) is 0 Å². The van der Waals surface area contributed by atoms with Crippen LogP contribution in [0.3, 0.4) is 0 Å². The molecular weight excluding hydrogens is 357 g/mol. The quantitative estimate of drug-likeness (QED) is 0.469. The lowest BCUT2D eigenvalue weighted by molar-refractivity contribution is -0.120. The van der Waals surface area contributed by atoms with Gasteiger partial charge in [-0.3, -0.25) is 4.79 Å². The number of carbonyl (C=O) groups is 1. The minimum Gasteiger partial charge on any atom is -0.355 e. The van der Waals surface area contributed by atoms with Crippen LogP contribution < -0.4 is 5.32 Å². The van der Waals surface area contributed by atoms with Crippen LogP contribution in [0.15, 0.2) is 29.2 Å². The van der Waals surface area contributed by atoms with Gasteiger partial charge >= 0.3 is 0 Å². The van der Waals surface area contributed by atoms with Crippen molar-refractivity contribution in [3.63, 3.8) is 0 Å². The van der Waals surface area contributed by atoms with Crippen LogP contribution in [0, 0.1) is 0 Å². The second-order valence-electron chi connectivity index (χ2n) is 4.46. The molecule has 1 aromatic carbocycles. The lowest BCUT2D eigenvalue weighted by Gasteiger charge is -2.09. The summed E-state index contributed by atoms with van der Waals surface area (Å²) in [7, 11) is 0. The fourth-order valence-corrected chi connectivity index (χ4v) is 3.81. The third-order valence-corrected chi connectivity index (χ3v) is 5.13. The van der Waals surface area contributed by atoms with Crippen molar-refractivity contribution in [2.75, 3.05) is 11.0 Å². The maximum Gasteiger partial charge on any atom is 0.233 e. The highest BCUT2D eigenvalue weighted by Gasteiger charge is 2.27. The monoisotopic (exact) mass is 375 g/mol. The number of hydrogen-bond donors (Lipinski definition) is 1. The standard InChI is InChI=1S/C14H18INOS/c15-8-4-1-5-9-16-14(17)13-10-11-6-2-3-7-12(11)18-13/h2-3,6-7,13H,1,4-5,8-10H2,(H,16,17). The summed E-state index contributed by atoms with van der Waals surface area (Å²) in [5, 5.41) is 3.13. The Hall–Kier alpha value is -0.230. The summed E-state index contributed by atoms with van der Waals surface area (Å²) in [5.74, 6) is 0.200. The largest absolute Gasteiger partial charge is 0.355 e. The van der Waals surface area contributed by atoms with Crippen molar-refractivity contribution in [2.45, 2.75) is 35.8 Å². The van der Waals surface area contributed by atoms with Crippen LogP contribution in [-0.2, 0) is 11.2 Å². The Morgan fingerprint density at radius 2 is 2.17 bits per heavy atom. The van der Waals surface area contributed by atoms with Crippen molar-refractivity contribution in [1.82, 2.24) is 5.32 Å². The van der Waals surface area contributed by atoms with Crippen LogP contribution in [0.25, 0.3) is 0 Å². The molecule has 1 atom stereocenters. The first kappa shape index (κ1) is 14.2. The first-order valence-corrected chi connectivity index (χ1v) is 8.80. The number of benzene rings is 1. The molecule has 0 saturated heterocycles. The predicted octanol–water partition coefficient (Wildman–Crippen LogP) is 3.42. The highest BCUT2D eigenvalue weighted by molar-refractivity contribution is 14.1.